The highest BCUT2D eigenvalue weighted by molar-refractivity contribution is 5.88. The molecule has 0 aliphatic rings. The van der Waals surface area contributed by atoms with Crippen LogP contribution < -0.4 is 5.32 Å². The lowest BCUT2D eigenvalue weighted by Crippen LogP contribution is -2.35. The maximum Gasteiger partial charge on any atom is 0.333 e. The van der Waals surface area contributed by atoms with Crippen LogP contribution in [-0.2, 0) is 9.53 Å². The summed E-state index contributed by atoms with van der Waals surface area (Å²) in [5.41, 5.74) is 0.583. The Balaban J connectivity index is 4.06. The monoisotopic (exact) mass is 217 g/mol. The van der Waals surface area contributed by atoms with Gasteiger partial charge in [-0.25, -0.2) is 4.79 Å². The van der Waals surface area contributed by atoms with Crippen molar-refractivity contribution in [3.8, 4) is 0 Å². The fourth-order valence-electron chi connectivity index (χ4n) is 1.04. The number of rotatable bonds is 7. The number of hydrogen-bond acceptors (Lipinski definition) is 5. The van der Waals surface area contributed by atoms with Crippen molar-refractivity contribution in [1.82, 2.24) is 5.32 Å². The average Bonchev–Trinajstić information content (AvgIpc) is 2.28. The van der Waals surface area contributed by atoms with E-state index >= 15 is 0 Å². The normalized spacial score (nSPS) is 11.9. The third kappa shape index (κ3) is 5.51. The molecule has 0 radical (unpaired) electrons. The molecule has 0 fully saturated rings. The van der Waals surface area contributed by atoms with Gasteiger partial charge in [0.15, 0.2) is 0 Å². The molecular formula is C10H19NO4. The van der Waals surface area contributed by atoms with Crippen molar-refractivity contribution < 1.29 is 19.7 Å². The maximum atomic E-state index is 11.1. The lowest BCUT2D eigenvalue weighted by molar-refractivity contribution is -0.136. The Labute approximate surface area is 89.7 Å². The second-order valence-electron chi connectivity index (χ2n) is 3.04. The zero-order valence-corrected chi connectivity index (χ0v) is 9.19. The predicted octanol–water partition coefficient (Wildman–Crippen LogP) is -0.561. The lowest BCUT2D eigenvalue weighted by atomic mass is 10.2. The number of nitrogens with one attached hydrogen (secondary N) is 1. The molecule has 15 heavy (non-hydrogen) atoms. The van der Waals surface area contributed by atoms with Crippen molar-refractivity contribution in [2.45, 2.75) is 19.4 Å². The van der Waals surface area contributed by atoms with E-state index in [0.29, 0.717) is 18.5 Å². The van der Waals surface area contributed by atoms with Crippen LogP contribution in [-0.4, -0.2) is 49.1 Å². The summed E-state index contributed by atoms with van der Waals surface area (Å²) in [5, 5.41) is 20.4. The summed E-state index contributed by atoms with van der Waals surface area (Å²) in [7, 11) is 1.34. The van der Waals surface area contributed by atoms with Crippen LogP contribution in [0, 0.1) is 0 Å². The molecule has 0 amide bonds. The fourth-order valence-corrected chi connectivity index (χ4v) is 1.04. The first-order valence-corrected chi connectivity index (χ1v) is 4.92. The average molecular weight is 217 g/mol. The topological polar surface area (TPSA) is 78.8 Å². The number of aliphatic hydroxyl groups excluding tert-OH is 2. The van der Waals surface area contributed by atoms with Crippen LogP contribution in [0.1, 0.15) is 13.3 Å². The van der Waals surface area contributed by atoms with Gasteiger partial charge in [0, 0.05) is 12.1 Å². The highest BCUT2D eigenvalue weighted by atomic mass is 16.5. The van der Waals surface area contributed by atoms with Gasteiger partial charge in [-0.2, -0.15) is 0 Å². The van der Waals surface area contributed by atoms with E-state index in [0.717, 1.165) is 0 Å². The van der Waals surface area contributed by atoms with Gasteiger partial charge in [-0.15, -0.1) is 0 Å². The number of ether oxygens (including phenoxy) is 1. The van der Waals surface area contributed by atoms with Crippen LogP contribution in [0.4, 0.5) is 0 Å². The van der Waals surface area contributed by atoms with Crippen LogP contribution in [0.5, 0.6) is 0 Å². The highest BCUT2D eigenvalue weighted by Gasteiger charge is 2.07. The third-order valence-corrected chi connectivity index (χ3v) is 2.02. The molecule has 5 heteroatoms. The molecule has 0 saturated carbocycles. The summed E-state index contributed by atoms with van der Waals surface area (Å²) in [4.78, 5) is 11.1. The minimum atomic E-state index is -0.350. The van der Waals surface area contributed by atoms with Gasteiger partial charge in [0.2, 0.25) is 0 Å². The van der Waals surface area contributed by atoms with Gasteiger partial charge in [0.25, 0.3) is 0 Å². The third-order valence-electron chi connectivity index (χ3n) is 2.02. The van der Waals surface area contributed by atoms with Crippen LogP contribution in [0.3, 0.4) is 0 Å². The van der Waals surface area contributed by atoms with Crippen molar-refractivity contribution >= 4 is 5.97 Å². The molecule has 0 rings (SSSR count). The van der Waals surface area contributed by atoms with Crippen molar-refractivity contribution in [3.05, 3.63) is 11.6 Å². The summed E-state index contributed by atoms with van der Waals surface area (Å²) < 4.78 is 4.58. The van der Waals surface area contributed by atoms with E-state index in [1.54, 1.807) is 6.08 Å². The molecule has 0 aromatic carbocycles. The van der Waals surface area contributed by atoms with Gasteiger partial charge in [0.1, 0.15) is 0 Å². The van der Waals surface area contributed by atoms with E-state index in [-0.39, 0.29) is 25.2 Å². The lowest BCUT2D eigenvalue weighted by Gasteiger charge is -2.11. The van der Waals surface area contributed by atoms with E-state index in [1.807, 2.05) is 6.92 Å². The predicted molar refractivity (Wildman–Crippen MR) is 56.4 cm³/mol. The Bertz CT molecular complexity index is 211. The molecule has 0 heterocycles. The van der Waals surface area contributed by atoms with Crippen molar-refractivity contribution in [1.29, 1.82) is 0 Å². The zero-order chi connectivity index (χ0) is 11.7. The summed E-state index contributed by atoms with van der Waals surface area (Å²) in [6.45, 7) is 2.01. The maximum absolute atomic E-state index is 11.1. The van der Waals surface area contributed by atoms with Crippen LogP contribution in [0.15, 0.2) is 11.6 Å². The second kappa shape index (κ2) is 8.40. The Hall–Kier alpha value is -0.910. The standard InChI is InChI=1S/C10H19NO4/c1-3-8(10(14)15-2)4-5-11-9(6-12)7-13/h4,9,11-13H,3,5-7H2,1-2H3. The quantitative estimate of drug-likeness (QED) is 0.393. The molecular weight excluding hydrogens is 198 g/mol. The summed E-state index contributed by atoms with van der Waals surface area (Å²) in [6.07, 6.45) is 2.29. The minimum Gasteiger partial charge on any atom is -0.466 e. The molecule has 88 valence electrons. The molecule has 0 aromatic rings. The van der Waals surface area contributed by atoms with Gasteiger partial charge in [-0.05, 0) is 6.42 Å². The van der Waals surface area contributed by atoms with E-state index in [9.17, 15) is 4.79 Å². The molecule has 0 aromatic heterocycles. The summed E-state index contributed by atoms with van der Waals surface area (Å²) in [5.74, 6) is -0.344. The molecule has 5 nitrogen and oxygen atoms in total. The number of hydrogen-bond donors (Lipinski definition) is 3. The molecule has 0 aliphatic heterocycles. The van der Waals surface area contributed by atoms with Crippen LogP contribution >= 0.6 is 0 Å². The van der Waals surface area contributed by atoms with Crippen molar-refractivity contribution in [2.24, 2.45) is 0 Å². The molecule has 0 atom stereocenters. The number of methoxy groups -OCH3 is 1. The van der Waals surface area contributed by atoms with Gasteiger partial charge < -0.3 is 20.3 Å². The molecule has 0 aliphatic carbocycles. The Kier molecular flexibility index (Phi) is 7.89. The number of esters is 1. The zero-order valence-electron chi connectivity index (χ0n) is 9.19. The summed E-state index contributed by atoms with van der Waals surface area (Å²) >= 11 is 0. The Morgan fingerprint density at radius 3 is 2.47 bits per heavy atom. The first-order valence-electron chi connectivity index (χ1n) is 4.92. The van der Waals surface area contributed by atoms with E-state index in [2.05, 4.69) is 10.1 Å². The van der Waals surface area contributed by atoms with Crippen LogP contribution in [0.25, 0.3) is 0 Å². The molecule has 3 N–H and O–H groups in total. The SMILES string of the molecule is CCC(=CCNC(CO)CO)C(=O)OC. The number of carbonyl (C=O) groups excluding carboxylic acids is 1. The van der Waals surface area contributed by atoms with E-state index in [1.165, 1.54) is 7.11 Å². The van der Waals surface area contributed by atoms with E-state index < -0.39 is 0 Å². The van der Waals surface area contributed by atoms with Gasteiger partial charge in [-0.1, -0.05) is 13.0 Å². The van der Waals surface area contributed by atoms with Gasteiger partial charge in [0.05, 0.1) is 26.4 Å². The van der Waals surface area contributed by atoms with Gasteiger partial charge >= 0.3 is 5.97 Å². The Morgan fingerprint density at radius 1 is 1.47 bits per heavy atom. The van der Waals surface area contributed by atoms with Gasteiger partial charge in [-0.3, -0.25) is 0 Å². The van der Waals surface area contributed by atoms with E-state index in [4.69, 9.17) is 10.2 Å². The summed E-state index contributed by atoms with van der Waals surface area (Å²) in [6, 6.07) is -0.350. The van der Waals surface area contributed by atoms with Crippen molar-refractivity contribution in [3.63, 3.8) is 0 Å². The van der Waals surface area contributed by atoms with Crippen molar-refractivity contribution in [2.75, 3.05) is 26.9 Å². The smallest absolute Gasteiger partial charge is 0.333 e. The highest BCUT2D eigenvalue weighted by Crippen LogP contribution is 2.01. The molecule has 0 spiro atoms. The minimum absolute atomic E-state index is 0.135. The number of carbonyl (C=O) groups is 1. The first kappa shape index (κ1) is 14.1. The molecule has 0 unspecified atom stereocenters. The Morgan fingerprint density at radius 2 is 2.07 bits per heavy atom. The first-order chi connectivity index (χ1) is 7.19. The molecule has 0 saturated heterocycles. The second-order valence-corrected chi connectivity index (χ2v) is 3.04. The molecule has 0 bridgehead atoms. The fraction of sp³-hybridized carbons (Fsp3) is 0.700. The van der Waals surface area contributed by atoms with Crippen LogP contribution in [0.2, 0.25) is 0 Å². The largest absolute Gasteiger partial charge is 0.466 e. The number of aliphatic hydroxyl groups is 2.